The van der Waals surface area contributed by atoms with Crippen LogP contribution in [0.25, 0.3) is 0 Å². The van der Waals surface area contributed by atoms with Gasteiger partial charge < -0.3 is 10.6 Å². The van der Waals surface area contributed by atoms with Gasteiger partial charge in [-0.25, -0.2) is 0 Å². The molecule has 0 radical (unpaired) electrons. The highest BCUT2D eigenvalue weighted by molar-refractivity contribution is 7.98. The molecule has 2 rings (SSSR count). The van der Waals surface area contributed by atoms with Crippen molar-refractivity contribution in [2.45, 2.75) is 30.2 Å². The van der Waals surface area contributed by atoms with Crippen LogP contribution in [0, 0.1) is 0 Å². The second-order valence-electron chi connectivity index (χ2n) is 4.39. The number of carbonyl (C=O) groups is 1. The van der Waals surface area contributed by atoms with Crippen molar-refractivity contribution < 1.29 is 4.79 Å². The molecule has 0 spiro atoms. The Morgan fingerprint density at radius 1 is 1.61 bits per heavy atom. The fourth-order valence-corrected chi connectivity index (χ4v) is 2.98. The van der Waals surface area contributed by atoms with E-state index in [0.29, 0.717) is 17.5 Å². The van der Waals surface area contributed by atoms with E-state index in [0.717, 1.165) is 30.0 Å². The maximum Gasteiger partial charge on any atom is 0.225 e. The zero-order chi connectivity index (χ0) is 13.0. The zero-order valence-electron chi connectivity index (χ0n) is 10.3. The van der Waals surface area contributed by atoms with Crippen molar-refractivity contribution in [2.75, 3.05) is 18.1 Å². The van der Waals surface area contributed by atoms with Crippen molar-refractivity contribution in [3.63, 3.8) is 0 Å². The van der Waals surface area contributed by atoms with Gasteiger partial charge in [0.25, 0.3) is 0 Å². The van der Waals surface area contributed by atoms with Crippen molar-refractivity contribution in [2.24, 2.45) is 0 Å². The van der Waals surface area contributed by atoms with Crippen LogP contribution in [-0.4, -0.2) is 24.7 Å². The van der Waals surface area contributed by atoms with Crippen LogP contribution in [0.2, 0.25) is 5.02 Å². The molecule has 0 aromatic heterocycles. The Morgan fingerprint density at radius 3 is 3.06 bits per heavy atom. The van der Waals surface area contributed by atoms with Gasteiger partial charge in [-0.2, -0.15) is 0 Å². The molecule has 1 heterocycles. The van der Waals surface area contributed by atoms with Crippen LogP contribution in [0.15, 0.2) is 23.1 Å². The number of carbonyl (C=O) groups excluding carboxylic acids is 1. The summed E-state index contributed by atoms with van der Waals surface area (Å²) in [5.74, 6) is 0.0439. The largest absolute Gasteiger partial charge is 0.326 e. The predicted octanol–water partition coefficient (Wildman–Crippen LogP) is 3.14. The van der Waals surface area contributed by atoms with E-state index in [4.69, 9.17) is 11.6 Å². The summed E-state index contributed by atoms with van der Waals surface area (Å²) in [6, 6.07) is 5.94. The number of amides is 1. The maximum atomic E-state index is 11.8. The number of thioether (sulfide) groups is 1. The maximum absolute atomic E-state index is 11.8. The van der Waals surface area contributed by atoms with Gasteiger partial charge in [-0.1, -0.05) is 11.6 Å². The lowest BCUT2D eigenvalue weighted by molar-refractivity contribution is -0.116. The van der Waals surface area contributed by atoms with E-state index in [-0.39, 0.29) is 5.91 Å². The quantitative estimate of drug-likeness (QED) is 0.835. The SMILES string of the molecule is CSc1ccc(NC(=O)CC2CCCN2)cc1Cl. The first kappa shape index (κ1) is 13.7. The normalized spacial score (nSPS) is 18.9. The van der Waals surface area contributed by atoms with Crippen molar-refractivity contribution in [1.29, 1.82) is 0 Å². The minimum Gasteiger partial charge on any atom is -0.326 e. The summed E-state index contributed by atoms with van der Waals surface area (Å²) in [5, 5.41) is 6.88. The van der Waals surface area contributed by atoms with Gasteiger partial charge in [0.1, 0.15) is 0 Å². The topological polar surface area (TPSA) is 41.1 Å². The lowest BCUT2D eigenvalue weighted by Gasteiger charge is -2.11. The van der Waals surface area contributed by atoms with E-state index in [1.165, 1.54) is 0 Å². The van der Waals surface area contributed by atoms with E-state index < -0.39 is 0 Å². The Balaban J connectivity index is 1.92. The Hall–Kier alpha value is -0.710. The molecule has 0 saturated carbocycles. The van der Waals surface area contributed by atoms with Crippen LogP contribution in [-0.2, 0) is 4.79 Å². The Labute approximate surface area is 117 Å². The Kier molecular flexibility index (Phi) is 4.92. The third kappa shape index (κ3) is 3.64. The summed E-state index contributed by atoms with van der Waals surface area (Å²) in [6.45, 7) is 1.02. The molecule has 1 fully saturated rings. The molecule has 98 valence electrons. The number of nitrogens with one attached hydrogen (secondary N) is 2. The predicted molar refractivity (Wildman–Crippen MR) is 77.5 cm³/mol. The van der Waals surface area contributed by atoms with Crippen LogP contribution in [0.5, 0.6) is 0 Å². The van der Waals surface area contributed by atoms with E-state index in [1.807, 2.05) is 18.4 Å². The minimum atomic E-state index is 0.0439. The van der Waals surface area contributed by atoms with E-state index in [1.54, 1.807) is 17.8 Å². The molecule has 1 unspecified atom stereocenters. The third-order valence-corrected chi connectivity index (χ3v) is 4.25. The summed E-state index contributed by atoms with van der Waals surface area (Å²) in [6.07, 6.45) is 4.75. The molecule has 1 aromatic rings. The molecule has 0 aliphatic carbocycles. The second kappa shape index (κ2) is 6.45. The molecule has 1 aliphatic heterocycles. The van der Waals surface area contributed by atoms with Crippen LogP contribution in [0.3, 0.4) is 0 Å². The molecule has 1 aromatic carbocycles. The first-order chi connectivity index (χ1) is 8.69. The average molecular weight is 285 g/mol. The third-order valence-electron chi connectivity index (χ3n) is 3.03. The average Bonchev–Trinajstić information content (AvgIpc) is 2.82. The molecule has 1 aliphatic rings. The minimum absolute atomic E-state index is 0.0439. The lowest BCUT2D eigenvalue weighted by Crippen LogP contribution is -2.27. The van der Waals surface area contributed by atoms with Gasteiger partial charge in [-0.3, -0.25) is 4.79 Å². The van der Waals surface area contributed by atoms with Crippen LogP contribution < -0.4 is 10.6 Å². The highest BCUT2D eigenvalue weighted by Crippen LogP contribution is 2.28. The molecule has 0 bridgehead atoms. The Morgan fingerprint density at radius 2 is 2.44 bits per heavy atom. The van der Waals surface area contributed by atoms with Crippen LogP contribution in [0.4, 0.5) is 5.69 Å². The van der Waals surface area contributed by atoms with Gasteiger partial charge in [0.2, 0.25) is 5.91 Å². The lowest BCUT2D eigenvalue weighted by atomic mass is 10.1. The first-order valence-corrected chi connectivity index (χ1v) is 7.66. The highest BCUT2D eigenvalue weighted by atomic mass is 35.5. The van der Waals surface area contributed by atoms with Gasteiger partial charge in [0.15, 0.2) is 0 Å². The number of anilines is 1. The van der Waals surface area contributed by atoms with Crippen molar-refractivity contribution >= 4 is 35.0 Å². The molecule has 2 N–H and O–H groups in total. The fraction of sp³-hybridized carbons (Fsp3) is 0.462. The van der Waals surface area contributed by atoms with Gasteiger partial charge in [-0.05, 0) is 43.8 Å². The summed E-state index contributed by atoms with van der Waals surface area (Å²) in [4.78, 5) is 12.9. The number of benzene rings is 1. The molecule has 18 heavy (non-hydrogen) atoms. The number of hydrogen-bond donors (Lipinski definition) is 2. The summed E-state index contributed by atoms with van der Waals surface area (Å²) in [7, 11) is 0. The monoisotopic (exact) mass is 284 g/mol. The summed E-state index contributed by atoms with van der Waals surface area (Å²) in [5.41, 5.74) is 0.765. The van der Waals surface area contributed by atoms with Gasteiger partial charge >= 0.3 is 0 Å². The zero-order valence-corrected chi connectivity index (χ0v) is 11.9. The van der Waals surface area contributed by atoms with Crippen molar-refractivity contribution in [3.8, 4) is 0 Å². The smallest absolute Gasteiger partial charge is 0.225 e. The summed E-state index contributed by atoms with van der Waals surface area (Å²) < 4.78 is 0. The number of halogens is 1. The summed E-state index contributed by atoms with van der Waals surface area (Å²) >= 11 is 7.69. The fourth-order valence-electron chi connectivity index (χ4n) is 2.11. The Bertz CT molecular complexity index is 433. The van der Waals surface area contributed by atoms with Crippen molar-refractivity contribution in [1.82, 2.24) is 5.32 Å². The molecule has 5 heteroatoms. The van der Waals surface area contributed by atoms with Gasteiger partial charge in [0.05, 0.1) is 5.02 Å². The molecule has 1 saturated heterocycles. The van der Waals surface area contributed by atoms with Crippen LogP contribution in [0.1, 0.15) is 19.3 Å². The standard InChI is InChI=1S/C13H17ClN2OS/c1-18-12-5-4-10(7-11(12)14)16-13(17)8-9-3-2-6-15-9/h4-5,7,9,15H,2-3,6,8H2,1H3,(H,16,17). The van der Waals surface area contributed by atoms with E-state index >= 15 is 0 Å². The number of hydrogen-bond acceptors (Lipinski definition) is 3. The number of rotatable bonds is 4. The van der Waals surface area contributed by atoms with Crippen molar-refractivity contribution in [3.05, 3.63) is 23.2 Å². The second-order valence-corrected chi connectivity index (χ2v) is 5.65. The highest BCUT2D eigenvalue weighted by Gasteiger charge is 2.17. The molecular formula is C13H17ClN2OS. The molecule has 1 atom stereocenters. The molecular weight excluding hydrogens is 268 g/mol. The first-order valence-electron chi connectivity index (χ1n) is 6.06. The van der Waals surface area contributed by atoms with E-state index in [2.05, 4.69) is 10.6 Å². The molecule has 3 nitrogen and oxygen atoms in total. The van der Waals surface area contributed by atoms with E-state index in [9.17, 15) is 4.79 Å². The molecule has 1 amide bonds. The van der Waals surface area contributed by atoms with Crippen LogP contribution >= 0.6 is 23.4 Å². The van der Waals surface area contributed by atoms with Gasteiger partial charge in [-0.15, -0.1) is 11.8 Å². The van der Waals surface area contributed by atoms with Gasteiger partial charge in [0, 0.05) is 23.0 Å².